The highest BCUT2D eigenvalue weighted by molar-refractivity contribution is 5.82. The van der Waals surface area contributed by atoms with Gasteiger partial charge in [-0.3, -0.25) is 4.79 Å². The zero-order chi connectivity index (χ0) is 15.7. The molecule has 2 aromatic rings. The monoisotopic (exact) mass is 301 g/mol. The van der Waals surface area contributed by atoms with Gasteiger partial charge in [0.2, 0.25) is 5.91 Å². The lowest BCUT2D eigenvalue weighted by Gasteiger charge is -2.23. The third-order valence-corrected chi connectivity index (χ3v) is 4.30. The van der Waals surface area contributed by atoms with Gasteiger partial charge in [-0.25, -0.2) is 4.98 Å². The Bertz CT molecular complexity index is 640. The summed E-state index contributed by atoms with van der Waals surface area (Å²) >= 11 is 0. The van der Waals surface area contributed by atoms with Crippen LogP contribution in [0.2, 0.25) is 0 Å². The lowest BCUT2D eigenvalue weighted by molar-refractivity contribution is -0.129. The van der Waals surface area contributed by atoms with Gasteiger partial charge < -0.3 is 15.4 Å². The number of aromatic nitrogens is 2. The summed E-state index contributed by atoms with van der Waals surface area (Å²) in [5.41, 5.74) is 1.33. The third kappa shape index (κ3) is 3.30. The molecule has 5 heteroatoms. The van der Waals surface area contributed by atoms with E-state index in [1.807, 2.05) is 38.1 Å². The minimum atomic E-state index is -0.572. The quantitative estimate of drug-likeness (QED) is 0.764. The van der Waals surface area contributed by atoms with Crippen LogP contribution in [-0.4, -0.2) is 33.6 Å². The van der Waals surface area contributed by atoms with Crippen LogP contribution < -0.4 is 5.32 Å². The summed E-state index contributed by atoms with van der Waals surface area (Å²) in [6.07, 6.45) is 2.26. The predicted octanol–water partition coefficient (Wildman–Crippen LogP) is 2.02. The van der Waals surface area contributed by atoms with E-state index in [1.54, 1.807) is 0 Å². The number of carbonyl (C=O) groups excluding carboxylic acids is 1. The summed E-state index contributed by atoms with van der Waals surface area (Å²) in [5, 5.41) is 12.7. The number of imidazole rings is 1. The lowest BCUT2D eigenvalue weighted by atomic mass is 9.88. The number of fused-ring (bicyclic) bond motifs is 1. The van der Waals surface area contributed by atoms with Crippen molar-refractivity contribution >= 4 is 16.9 Å². The fourth-order valence-corrected chi connectivity index (χ4v) is 2.67. The van der Waals surface area contributed by atoms with E-state index in [9.17, 15) is 9.90 Å². The summed E-state index contributed by atoms with van der Waals surface area (Å²) in [4.78, 5) is 20.2. The summed E-state index contributed by atoms with van der Waals surface area (Å²) < 4.78 is 0. The molecule has 1 unspecified atom stereocenters. The van der Waals surface area contributed by atoms with Crippen LogP contribution in [0.1, 0.15) is 32.5 Å². The molecule has 0 spiro atoms. The van der Waals surface area contributed by atoms with Gasteiger partial charge >= 0.3 is 0 Å². The molecule has 3 N–H and O–H groups in total. The molecule has 0 aliphatic heterocycles. The molecule has 1 aromatic heterocycles. The highest BCUT2D eigenvalue weighted by Crippen LogP contribution is 2.32. The molecule has 1 amide bonds. The molecular formula is C17H23N3O2. The Morgan fingerprint density at radius 3 is 2.86 bits per heavy atom. The van der Waals surface area contributed by atoms with Crippen molar-refractivity contribution in [1.29, 1.82) is 0 Å². The average Bonchev–Trinajstić information content (AvgIpc) is 3.24. The zero-order valence-corrected chi connectivity index (χ0v) is 13.1. The Hall–Kier alpha value is -1.88. The zero-order valence-electron chi connectivity index (χ0n) is 13.1. The number of rotatable bonds is 6. The fourth-order valence-electron chi connectivity index (χ4n) is 2.67. The van der Waals surface area contributed by atoms with Crippen molar-refractivity contribution in [3.8, 4) is 0 Å². The van der Waals surface area contributed by atoms with Crippen LogP contribution in [-0.2, 0) is 11.2 Å². The first-order chi connectivity index (χ1) is 10.5. The summed E-state index contributed by atoms with van der Waals surface area (Å²) in [6.45, 7) is 4.14. The van der Waals surface area contributed by atoms with Crippen LogP contribution in [0, 0.1) is 11.3 Å². The third-order valence-electron chi connectivity index (χ3n) is 4.30. The van der Waals surface area contributed by atoms with Crippen LogP contribution in [0.5, 0.6) is 0 Å². The molecule has 1 fully saturated rings. The molecule has 1 aliphatic carbocycles. The smallest absolute Gasteiger partial charge is 0.226 e. The number of hydrogen-bond acceptors (Lipinski definition) is 3. The predicted molar refractivity (Wildman–Crippen MR) is 85.3 cm³/mol. The van der Waals surface area contributed by atoms with Gasteiger partial charge in [0.15, 0.2) is 0 Å². The molecule has 1 saturated carbocycles. The second-order valence-electron chi connectivity index (χ2n) is 6.88. The average molecular weight is 301 g/mol. The summed E-state index contributed by atoms with van der Waals surface area (Å²) in [7, 11) is 0. The number of aliphatic hydroxyl groups excluding tert-OH is 1. The van der Waals surface area contributed by atoms with E-state index >= 15 is 0 Å². The Balaban J connectivity index is 1.62. The Labute approximate surface area is 130 Å². The highest BCUT2D eigenvalue weighted by atomic mass is 16.3. The molecule has 1 aromatic carbocycles. The van der Waals surface area contributed by atoms with Gasteiger partial charge in [0, 0.05) is 13.0 Å². The van der Waals surface area contributed by atoms with E-state index in [0.29, 0.717) is 18.9 Å². The van der Waals surface area contributed by atoms with E-state index in [2.05, 4.69) is 15.3 Å². The summed E-state index contributed by atoms with van der Waals surface area (Å²) in [5.74, 6) is 1.13. The second-order valence-corrected chi connectivity index (χ2v) is 6.88. The van der Waals surface area contributed by atoms with Crippen LogP contribution in [0.3, 0.4) is 0 Å². The van der Waals surface area contributed by atoms with Gasteiger partial charge in [0.1, 0.15) is 5.82 Å². The van der Waals surface area contributed by atoms with Crippen molar-refractivity contribution in [2.24, 2.45) is 11.3 Å². The van der Waals surface area contributed by atoms with Crippen molar-refractivity contribution in [3.05, 3.63) is 30.1 Å². The molecule has 5 nitrogen and oxygen atoms in total. The van der Waals surface area contributed by atoms with Crippen LogP contribution in [0.15, 0.2) is 24.3 Å². The standard InChI is InChI=1S/C17H23N3O2/c1-17(2,16(22)18-10-14(21)11-7-8-11)9-15-19-12-5-3-4-6-13(12)20-15/h3-6,11,14,21H,7-10H2,1-2H3,(H,18,22)(H,19,20). The van der Waals surface area contributed by atoms with Crippen molar-refractivity contribution in [2.45, 2.75) is 39.2 Å². The molecule has 0 radical (unpaired) electrons. The molecule has 1 heterocycles. The largest absolute Gasteiger partial charge is 0.391 e. The minimum absolute atomic E-state index is 0.0485. The molecule has 0 bridgehead atoms. The first kappa shape index (κ1) is 15.0. The second kappa shape index (κ2) is 5.72. The first-order valence-corrected chi connectivity index (χ1v) is 7.86. The van der Waals surface area contributed by atoms with E-state index in [0.717, 1.165) is 29.7 Å². The van der Waals surface area contributed by atoms with Gasteiger partial charge in [0.05, 0.1) is 22.6 Å². The maximum Gasteiger partial charge on any atom is 0.226 e. The lowest BCUT2D eigenvalue weighted by Crippen LogP contribution is -2.42. The number of amides is 1. The van der Waals surface area contributed by atoms with Crippen LogP contribution in [0.4, 0.5) is 0 Å². The number of benzene rings is 1. The van der Waals surface area contributed by atoms with Crippen molar-refractivity contribution < 1.29 is 9.90 Å². The van der Waals surface area contributed by atoms with Gasteiger partial charge in [-0.05, 0) is 30.9 Å². The number of H-pyrrole nitrogens is 1. The number of nitrogens with one attached hydrogen (secondary N) is 2. The number of aromatic amines is 1. The molecule has 118 valence electrons. The number of carbonyl (C=O) groups is 1. The van der Waals surface area contributed by atoms with E-state index in [1.165, 1.54) is 0 Å². The number of para-hydroxylation sites is 2. The molecule has 3 rings (SSSR count). The van der Waals surface area contributed by atoms with E-state index in [-0.39, 0.29) is 5.91 Å². The Morgan fingerprint density at radius 1 is 1.45 bits per heavy atom. The number of hydrogen-bond donors (Lipinski definition) is 3. The molecule has 0 saturated heterocycles. The van der Waals surface area contributed by atoms with E-state index in [4.69, 9.17) is 0 Å². The fraction of sp³-hybridized carbons (Fsp3) is 0.529. The summed E-state index contributed by atoms with van der Waals surface area (Å²) in [6, 6.07) is 7.84. The van der Waals surface area contributed by atoms with Gasteiger partial charge in [0.25, 0.3) is 0 Å². The van der Waals surface area contributed by atoms with Gasteiger partial charge in [-0.15, -0.1) is 0 Å². The maximum absolute atomic E-state index is 12.4. The maximum atomic E-state index is 12.4. The van der Waals surface area contributed by atoms with Crippen molar-refractivity contribution in [1.82, 2.24) is 15.3 Å². The first-order valence-electron chi connectivity index (χ1n) is 7.86. The molecule has 1 aliphatic rings. The Morgan fingerprint density at radius 2 is 2.18 bits per heavy atom. The number of nitrogens with zero attached hydrogens (tertiary/aromatic N) is 1. The van der Waals surface area contributed by atoms with Crippen LogP contribution >= 0.6 is 0 Å². The normalized spacial score (nSPS) is 16.7. The Kier molecular flexibility index (Phi) is 3.91. The highest BCUT2D eigenvalue weighted by Gasteiger charge is 2.33. The minimum Gasteiger partial charge on any atom is -0.391 e. The molecule has 22 heavy (non-hydrogen) atoms. The van der Waals surface area contributed by atoms with E-state index < -0.39 is 11.5 Å². The van der Waals surface area contributed by atoms with Gasteiger partial charge in [-0.1, -0.05) is 26.0 Å². The number of aliphatic hydroxyl groups is 1. The topological polar surface area (TPSA) is 78.0 Å². The van der Waals surface area contributed by atoms with Crippen molar-refractivity contribution in [2.75, 3.05) is 6.54 Å². The van der Waals surface area contributed by atoms with Crippen LogP contribution in [0.25, 0.3) is 11.0 Å². The SMILES string of the molecule is CC(C)(Cc1nc2ccccc2[nH]1)C(=O)NCC(O)C1CC1. The molecular weight excluding hydrogens is 278 g/mol. The molecule has 1 atom stereocenters. The van der Waals surface area contributed by atoms with Crippen molar-refractivity contribution in [3.63, 3.8) is 0 Å². The van der Waals surface area contributed by atoms with Gasteiger partial charge in [-0.2, -0.15) is 0 Å².